The highest BCUT2D eigenvalue weighted by Gasteiger charge is 2.10. The molecule has 0 radical (unpaired) electrons. The number of aryl methyl sites for hydroxylation is 1. The van der Waals surface area contributed by atoms with Gasteiger partial charge in [-0.2, -0.15) is 0 Å². The second-order valence-electron chi connectivity index (χ2n) is 6.21. The molecule has 3 aromatic rings. The van der Waals surface area contributed by atoms with E-state index < -0.39 is 0 Å². The largest absolute Gasteiger partial charge is 0.493 e. The van der Waals surface area contributed by atoms with Crippen LogP contribution in [-0.4, -0.2) is 30.4 Å². The Labute approximate surface area is 160 Å². The summed E-state index contributed by atoms with van der Waals surface area (Å²) in [6.07, 6.45) is 4.90. The molecule has 0 aliphatic carbocycles. The van der Waals surface area contributed by atoms with E-state index in [-0.39, 0.29) is 0 Å². The molecule has 1 aromatic heterocycles. The third-order valence-electron chi connectivity index (χ3n) is 4.34. The molecule has 0 N–H and O–H groups in total. The molecular formula is C22H26N2O3. The Morgan fingerprint density at radius 2 is 1.93 bits per heavy atom. The third-order valence-corrected chi connectivity index (χ3v) is 4.34. The maximum Gasteiger partial charge on any atom is 0.161 e. The lowest BCUT2D eigenvalue weighted by atomic mass is 10.2. The van der Waals surface area contributed by atoms with Gasteiger partial charge in [0.05, 0.1) is 24.8 Å². The minimum atomic E-state index is 0.496. The van der Waals surface area contributed by atoms with Gasteiger partial charge in [-0.1, -0.05) is 30.4 Å². The molecule has 0 spiro atoms. The lowest BCUT2D eigenvalue weighted by Gasteiger charge is -2.13. The van der Waals surface area contributed by atoms with Crippen molar-refractivity contribution in [2.24, 2.45) is 0 Å². The molecule has 0 bridgehead atoms. The lowest BCUT2D eigenvalue weighted by molar-refractivity contribution is 0.174. The molecule has 5 heteroatoms. The molecule has 1 heterocycles. The predicted octanol–water partition coefficient (Wildman–Crippen LogP) is 4.69. The summed E-state index contributed by atoms with van der Waals surface area (Å²) in [4.78, 5) is 4.66. The molecule has 0 amide bonds. The highest BCUT2D eigenvalue weighted by Crippen LogP contribution is 2.28. The summed E-state index contributed by atoms with van der Waals surface area (Å²) >= 11 is 0. The van der Waals surface area contributed by atoms with Crippen LogP contribution in [0.4, 0.5) is 0 Å². The third kappa shape index (κ3) is 4.49. The van der Waals surface area contributed by atoms with E-state index in [2.05, 4.69) is 15.6 Å². The molecule has 27 heavy (non-hydrogen) atoms. The van der Waals surface area contributed by atoms with Gasteiger partial charge < -0.3 is 18.8 Å². The van der Waals surface area contributed by atoms with Crippen molar-refractivity contribution in [3.63, 3.8) is 0 Å². The summed E-state index contributed by atoms with van der Waals surface area (Å²) in [5.74, 6) is 2.45. The summed E-state index contributed by atoms with van der Waals surface area (Å²) in [6, 6.07) is 14.1. The minimum absolute atomic E-state index is 0.496. The Hall–Kier alpha value is -2.79. The van der Waals surface area contributed by atoms with Gasteiger partial charge in [-0.15, -0.1) is 0 Å². The molecule has 2 aromatic carbocycles. The summed E-state index contributed by atoms with van der Waals surface area (Å²) in [7, 11) is 3.35. The van der Waals surface area contributed by atoms with Crippen molar-refractivity contribution in [2.75, 3.05) is 20.8 Å². The molecule has 0 saturated heterocycles. The number of nitrogens with zero attached hydrogens (tertiary/aromatic N) is 2. The van der Waals surface area contributed by atoms with Crippen LogP contribution in [0, 0.1) is 0 Å². The van der Waals surface area contributed by atoms with E-state index in [4.69, 9.17) is 14.2 Å². The van der Waals surface area contributed by atoms with Crippen LogP contribution in [0.2, 0.25) is 0 Å². The Kier molecular flexibility index (Phi) is 6.49. The topological polar surface area (TPSA) is 45.5 Å². The molecule has 0 unspecified atom stereocenters. The fourth-order valence-corrected chi connectivity index (χ4v) is 3.12. The summed E-state index contributed by atoms with van der Waals surface area (Å²) in [5.41, 5.74) is 3.21. The van der Waals surface area contributed by atoms with Crippen LogP contribution in [0.15, 0.2) is 48.5 Å². The number of fused-ring (bicyclic) bond motifs is 1. The number of ether oxygens (including phenoxy) is 3. The van der Waals surface area contributed by atoms with E-state index in [1.807, 2.05) is 55.5 Å². The Morgan fingerprint density at radius 3 is 2.70 bits per heavy atom. The van der Waals surface area contributed by atoms with Crippen molar-refractivity contribution in [3.8, 4) is 11.5 Å². The average molecular weight is 366 g/mol. The van der Waals surface area contributed by atoms with E-state index >= 15 is 0 Å². The van der Waals surface area contributed by atoms with Crippen LogP contribution in [0.1, 0.15) is 24.7 Å². The molecule has 0 saturated carbocycles. The first kappa shape index (κ1) is 19.0. The zero-order valence-electron chi connectivity index (χ0n) is 16.1. The highest BCUT2D eigenvalue weighted by atomic mass is 16.5. The van der Waals surface area contributed by atoms with E-state index in [1.165, 1.54) is 0 Å². The number of aromatic nitrogens is 2. The minimum Gasteiger partial charge on any atom is -0.493 e. The van der Waals surface area contributed by atoms with Gasteiger partial charge in [-0.3, -0.25) is 0 Å². The number of hydrogen-bond donors (Lipinski definition) is 0. The van der Waals surface area contributed by atoms with E-state index in [1.54, 1.807) is 14.2 Å². The average Bonchev–Trinajstić information content (AvgIpc) is 3.04. The van der Waals surface area contributed by atoms with Crippen molar-refractivity contribution in [1.82, 2.24) is 9.55 Å². The van der Waals surface area contributed by atoms with Gasteiger partial charge >= 0.3 is 0 Å². The normalized spacial score (nSPS) is 11.4. The number of methoxy groups -OCH3 is 2. The monoisotopic (exact) mass is 366 g/mol. The molecule has 0 aliphatic rings. The van der Waals surface area contributed by atoms with Gasteiger partial charge in [-0.25, -0.2) is 4.98 Å². The number of imidazole rings is 1. The van der Waals surface area contributed by atoms with Crippen molar-refractivity contribution in [2.45, 2.75) is 26.5 Å². The zero-order chi connectivity index (χ0) is 19.1. The summed E-state index contributed by atoms with van der Waals surface area (Å²) in [5, 5.41) is 0. The van der Waals surface area contributed by atoms with Gasteiger partial charge in [0, 0.05) is 13.7 Å². The van der Waals surface area contributed by atoms with Crippen molar-refractivity contribution >= 4 is 17.1 Å². The first-order chi connectivity index (χ1) is 13.3. The fourth-order valence-electron chi connectivity index (χ4n) is 3.12. The first-order valence-electron chi connectivity index (χ1n) is 9.13. The SMILES string of the molecule is C/C=C/c1ccc(OCCCn2c(COC)nc3ccccc32)c(OC)c1. The maximum atomic E-state index is 5.96. The van der Waals surface area contributed by atoms with Crippen LogP contribution in [0.5, 0.6) is 11.5 Å². The summed E-state index contributed by atoms with van der Waals surface area (Å²) in [6.45, 7) is 3.90. The Balaban J connectivity index is 1.65. The number of para-hydroxylation sites is 2. The fraction of sp³-hybridized carbons (Fsp3) is 0.318. The number of hydrogen-bond acceptors (Lipinski definition) is 4. The van der Waals surface area contributed by atoms with Crippen LogP contribution in [-0.2, 0) is 17.9 Å². The van der Waals surface area contributed by atoms with Gasteiger partial charge in [-0.05, 0) is 43.2 Å². The first-order valence-corrected chi connectivity index (χ1v) is 9.13. The Bertz CT molecular complexity index is 915. The molecule has 142 valence electrons. The molecule has 5 nitrogen and oxygen atoms in total. The Morgan fingerprint density at radius 1 is 1.07 bits per heavy atom. The van der Waals surface area contributed by atoms with Crippen molar-refractivity contribution in [3.05, 3.63) is 59.9 Å². The maximum absolute atomic E-state index is 5.96. The van der Waals surface area contributed by atoms with E-state index in [0.29, 0.717) is 13.2 Å². The van der Waals surface area contributed by atoms with E-state index in [9.17, 15) is 0 Å². The molecule has 0 fully saturated rings. The van der Waals surface area contributed by atoms with Crippen LogP contribution in [0.3, 0.4) is 0 Å². The zero-order valence-corrected chi connectivity index (χ0v) is 16.1. The number of allylic oxidation sites excluding steroid dienone is 1. The predicted molar refractivity (Wildman–Crippen MR) is 108 cm³/mol. The number of benzene rings is 2. The van der Waals surface area contributed by atoms with Crippen molar-refractivity contribution in [1.29, 1.82) is 0 Å². The van der Waals surface area contributed by atoms with Crippen LogP contribution < -0.4 is 9.47 Å². The van der Waals surface area contributed by atoms with Gasteiger partial charge in [0.15, 0.2) is 11.5 Å². The molecular weight excluding hydrogens is 340 g/mol. The van der Waals surface area contributed by atoms with Gasteiger partial charge in [0.25, 0.3) is 0 Å². The summed E-state index contributed by atoms with van der Waals surface area (Å²) < 4.78 is 18.9. The lowest BCUT2D eigenvalue weighted by Crippen LogP contribution is -2.09. The van der Waals surface area contributed by atoms with E-state index in [0.717, 1.165) is 46.9 Å². The second kappa shape index (κ2) is 9.24. The second-order valence-corrected chi connectivity index (χ2v) is 6.21. The molecule has 0 aliphatic heterocycles. The van der Waals surface area contributed by atoms with Crippen LogP contribution in [0.25, 0.3) is 17.1 Å². The van der Waals surface area contributed by atoms with Crippen molar-refractivity contribution < 1.29 is 14.2 Å². The van der Waals surface area contributed by atoms with Crippen LogP contribution >= 0.6 is 0 Å². The number of rotatable bonds is 9. The highest BCUT2D eigenvalue weighted by molar-refractivity contribution is 5.75. The molecule has 0 atom stereocenters. The quantitative estimate of drug-likeness (QED) is 0.515. The standard InChI is InChI=1S/C22H26N2O3/c1-4-8-17-11-12-20(21(15-17)26-3)27-14-7-13-24-19-10-6-5-9-18(19)23-22(24)16-25-2/h4-6,8-12,15H,7,13-14,16H2,1-3H3/b8-4+. The smallest absolute Gasteiger partial charge is 0.161 e. The van der Waals surface area contributed by atoms with Gasteiger partial charge in [0.1, 0.15) is 12.4 Å². The molecule has 3 rings (SSSR count). The van der Waals surface area contributed by atoms with Gasteiger partial charge in [0.2, 0.25) is 0 Å².